The molecular formula is C13H10ClNO3. The van der Waals surface area contributed by atoms with E-state index in [-0.39, 0.29) is 5.56 Å². The Bertz CT molecular complexity index is 676. The maximum Gasteiger partial charge on any atom is 0.341 e. The molecule has 92 valence electrons. The Hall–Kier alpha value is -2.07. The molecular weight excluding hydrogens is 254 g/mol. The molecule has 4 nitrogen and oxygen atoms in total. The zero-order chi connectivity index (χ0) is 13.3. The van der Waals surface area contributed by atoms with E-state index in [1.54, 1.807) is 37.3 Å². The molecule has 0 spiro atoms. The summed E-state index contributed by atoms with van der Waals surface area (Å²) in [5.74, 6) is -1.26. The third kappa shape index (κ3) is 2.28. The highest BCUT2D eigenvalue weighted by atomic mass is 35.5. The zero-order valence-electron chi connectivity index (χ0n) is 9.53. The van der Waals surface area contributed by atoms with E-state index in [1.807, 2.05) is 0 Å². The van der Waals surface area contributed by atoms with Gasteiger partial charge in [0, 0.05) is 16.3 Å². The molecule has 0 bridgehead atoms. The SMILES string of the molecule is Cc1cc(-c2cccc(Cl)c2)c(C(=O)O)c(=O)[nH]1. The Morgan fingerprint density at radius 1 is 1.33 bits per heavy atom. The minimum absolute atomic E-state index is 0.275. The molecule has 0 aliphatic carbocycles. The molecule has 0 aliphatic rings. The van der Waals surface area contributed by atoms with Gasteiger partial charge in [-0.05, 0) is 30.7 Å². The molecule has 1 aromatic heterocycles. The van der Waals surface area contributed by atoms with Gasteiger partial charge in [0.1, 0.15) is 5.56 Å². The number of carboxylic acid groups (broad SMARTS) is 1. The Labute approximate surface area is 108 Å². The van der Waals surface area contributed by atoms with Crippen LogP contribution < -0.4 is 5.56 Å². The number of hydrogen-bond donors (Lipinski definition) is 2. The van der Waals surface area contributed by atoms with E-state index >= 15 is 0 Å². The third-order valence-corrected chi connectivity index (χ3v) is 2.75. The Balaban J connectivity index is 2.78. The average molecular weight is 264 g/mol. The third-order valence-electron chi connectivity index (χ3n) is 2.52. The van der Waals surface area contributed by atoms with Crippen molar-refractivity contribution in [1.82, 2.24) is 4.98 Å². The molecule has 0 fully saturated rings. The Morgan fingerprint density at radius 2 is 2.06 bits per heavy atom. The number of hydrogen-bond acceptors (Lipinski definition) is 2. The minimum Gasteiger partial charge on any atom is -0.477 e. The van der Waals surface area contributed by atoms with E-state index in [4.69, 9.17) is 16.7 Å². The van der Waals surface area contributed by atoms with Crippen LogP contribution in [-0.4, -0.2) is 16.1 Å². The van der Waals surface area contributed by atoms with Gasteiger partial charge in [0.25, 0.3) is 5.56 Å². The summed E-state index contributed by atoms with van der Waals surface area (Å²) in [7, 11) is 0. The first-order chi connectivity index (χ1) is 8.49. The van der Waals surface area contributed by atoms with Crippen molar-refractivity contribution in [3.8, 4) is 11.1 Å². The molecule has 2 aromatic rings. The van der Waals surface area contributed by atoms with Gasteiger partial charge in [-0.15, -0.1) is 0 Å². The number of carboxylic acids is 1. The van der Waals surface area contributed by atoms with Crippen LogP contribution in [0.2, 0.25) is 5.02 Å². The highest BCUT2D eigenvalue weighted by Gasteiger charge is 2.17. The van der Waals surface area contributed by atoms with Crippen LogP contribution in [0.25, 0.3) is 11.1 Å². The molecule has 1 aromatic carbocycles. The topological polar surface area (TPSA) is 70.2 Å². The zero-order valence-corrected chi connectivity index (χ0v) is 10.3. The predicted molar refractivity (Wildman–Crippen MR) is 69.2 cm³/mol. The predicted octanol–water partition coefficient (Wildman–Crippen LogP) is 2.70. The smallest absolute Gasteiger partial charge is 0.341 e. The lowest BCUT2D eigenvalue weighted by Gasteiger charge is -2.07. The number of aromatic nitrogens is 1. The van der Waals surface area contributed by atoms with E-state index in [0.29, 0.717) is 21.8 Å². The molecule has 18 heavy (non-hydrogen) atoms. The second kappa shape index (κ2) is 4.66. The molecule has 1 heterocycles. The Morgan fingerprint density at radius 3 is 2.67 bits per heavy atom. The first kappa shape index (κ1) is 12.4. The van der Waals surface area contributed by atoms with Gasteiger partial charge in [-0.2, -0.15) is 0 Å². The highest BCUT2D eigenvalue weighted by Crippen LogP contribution is 2.24. The molecule has 0 amide bonds. The van der Waals surface area contributed by atoms with Crippen molar-refractivity contribution in [3.63, 3.8) is 0 Å². The first-order valence-electron chi connectivity index (χ1n) is 5.22. The normalized spacial score (nSPS) is 10.3. The molecule has 0 radical (unpaired) electrons. The molecule has 0 saturated carbocycles. The van der Waals surface area contributed by atoms with Crippen molar-refractivity contribution in [3.05, 3.63) is 57.0 Å². The molecule has 0 saturated heterocycles. The molecule has 0 unspecified atom stereocenters. The molecule has 5 heteroatoms. The van der Waals surface area contributed by atoms with Crippen molar-refractivity contribution in [2.24, 2.45) is 0 Å². The largest absolute Gasteiger partial charge is 0.477 e. The Kier molecular flexibility index (Phi) is 3.21. The van der Waals surface area contributed by atoms with Crippen molar-refractivity contribution >= 4 is 17.6 Å². The van der Waals surface area contributed by atoms with Crippen LogP contribution in [0.3, 0.4) is 0 Å². The first-order valence-corrected chi connectivity index (χ1v) is 5.60. The van der Waals surface area contributed by atoms with Crippen LogP contribution >= 0.6 is 11.6 Å². The van der Waals surface area contributed by atoms with Crippen LogP contribution in [0.4, 0.5) is 0 Å². The lowest BCUT2D eigenvalue weighted by molar-refractivity contribution is 0.0696. The average Bonchev–Trinajstić information content (AvgIpc) is 2.27. The van der Waals surface area contributed by atoms with Crippen LogP contribution in [0.15, 0.2) is 35.1 Å². The van der Waals surface area contributed by atoms with Gasteiger partial charge in [-0.1, -0.05) is 23.7 Å². The number of rotatable bonds is 2. The maximum absolute atomic E-state index is 11.7. The minimum atomic E-state index is -1.26. The van der Waals surface area contributed by atoms with Crippen LogP contribution in [0.5, 0.6) is 0 Å². The summed E-state index contributed by atoms with van der Waals surface area (Å²) in [6.07, 6.45) is 0. The van der Waals surface area contributed by atoms with Gasteiger partial charge in [-0.3, -0.25) is 4.79 Å². The fourth-order valence-corrected chi connectivity index (χ4v) is 1.97. The van der Waals surface area contributed by atoms with Crippen LogP contribution in [0.1, 0.15) is 16.1 Å². The van der Waals surface area contributed by atoms with Crippen molar-refractivity contribution < 1.29 is 9.90 Å². The maximum atomic E-state index is 11.7. The molecule has 0 atom stereocenters. The van der Waals surface area contributed by atoms with Gasteiger partial charge < -0.3 is 10.1 Å². The van der Waals surface area contributed by atoms with Gasteiger partial charge in [0.2, 0.25) is 0 Å². The summed E-state index contributed by atoms with van der Waals surface area (Å²) in [5.41, 5.74) is 0.681. The fraction of sp³-hybridized carbons (Fsp3) is 0.0769. The molecule has 0 aliphatic heterocycles. The second-order valence-corrected chi connectivity index (χ2v) is 4.32. The van der Waals surface area contributed by atoms with Crippen molar-refractivity contribution in [2.45, 2.75) is 6.92 Å². The number of H-pyrrole nitrogens is 1. The van der Waals surface area contributed by atoms with Gasteiger partial charge >= 0.3 is 5.97 Å². The summed E-state index contributed by atoms with van der Waals surface area (Å²) < 4.78 is 0. The van der Waals surface area contributed by atoms with E-state index in [1.165, 1.54) is 0 Å². The lowest BCUT2D eigenvalue weighted by Crippen LogP contribution is -2.19. The van der Waals surface area contributed by atoms with Crippen molar-refractivity contribution in [1.29, 1.82) is 0 Å². The summed E-state index contributed by atoms with van der Waals surface area (Å²) in [4.78, 5) is 25.3. The number of aromatic amines is 1. The lowest BCUT2D eigenvalue weighted by atomic mass is 10.0. The quantitative estimate of drug-likeness (QED) is 0.875. The number of carbonyl (C=O) groups is 1. The van der Waals surface area contributed by atoms with Crippen molar-refractivity contribution in [2.75, 3.05) is 0 Å². The summed E-state index contributed by atoms with van der Waals surface area (Å²) in [5, 5.41) is 9.60. The summed E-state index contributed by atoms with van der Waals surface area (Å²) in [6.45, 7) is 1.70. The number of benzene rings is 1. The summed E-state index contributed by atoms with van der Waals surface area (Å²) in [6, 6.07) is 8.36. The molecule has 2 N–H and O–H groups in total. The van der Waals surface area contributed by atoms with Crippen LogP contribution in [0, 0.1) is 6.92 Å². The van der Waals surface area contributed by atoms with E-state index in [2.05, 4.69) is 4.98 Å². The monoisotopic (exact) mass is 263 g/mol. The number of aryl methyl sites for hydroxylation is 1. The number of pyridine rings is 1. The number of halogens is 1. The second-order valence-electron chi connectivity index (χ2n) is 3.89. The van der Waals surface area contributed by atoms with Gasteiger partial charge in [-0.25, -0.2) is 4.79 Å². The van der Waals surface area contributed by atoms with Gasteiger partial charge in [0.05, 0.1) is 0 Å². The van der Waals surface area contributed by atoms with E-state index < -0.39 is 11.5 Å². The molecule has 2 rings (SSSR count). The summed E-state index contributed by atoms with van der Waals surface area (Å²) >= 11 is 5.87. The van der Waals surface area contributed by atoms with E-state index in [0.717, 1.165) is 0 Å². The number of aromatic carboxylic acids is 1. The highest BCUT2D eigenvalue weighted by molar-refractivity contribution is 6.30. The van der Waals surface area contributed by atoms with Gasteiger partial charge in [0.15, 0.2) is 0 Å². The number of nitrogens with one attached hydrogen (secondary N) is 1. The fourth-order valence-electron chi connectivity index (χ4n) is 1.78. The van der Waals surface area contributed by atoms with Crippen LogP contribution in [-0.2, 0) is 0 Å². The van der Waals surface area contributed by atoms with E-state index in [9.17, 15) is 9.59 Å². The standard InChI is InChI=1S/C13H10ClNO3/c1-7-5-10(8-3-2-4-9(14)6-8)11(13(17)18)12(16)15-7/h2-6H,1H3,(H,15,16)(H,17,18).